The number of aryl methyl sites for hydroxylation is 1. The second-order valence-electron chi connectivity index (χ2n) is 6.40. The number of benzene rings is 3. The normalized spacial score (nSPS) is 11.3. The van der Waals surface area contributed by atoms with Crippen LogP contribution in [0.15, 0.2) is 82.8 Å². The Morgan fingerprint density at radius 2 is 1.68 bits per heavy atom. The molecule has 0 aliphatic carbocycles. The van der Waals surface area contributed by atoms with E-state index in [9.17, 15) is 23.3 Å². The van der Waals surface area contributed by atoms with E-state index in [1.165, 1.54) is 54.7 Å². The van der Waals surface area contributed by atoms with Gasteiger partial charge in [0.2, 0.25) is 0 Å². The second kappa shape index (κ2) is 9.18. The maximum atomic E-state index is 12.2. The van der Waals surface area contributed by atoms with Crippen LogP contribution < -0.4 is 9.57 Å². The van der Waals surface area contributed by atoms with Gasteiger partial charge in [-0.3, -0.25) is 10.1 Å². The van der Waals surface area contributed by atoms with Crippen molar-refractivity contribution in [3.63, 3.8) is 0 Å². The van der Waals surface area contributed by atoms with Gasteiger partial charge in [-0.2, -0.15) is 13.5 Å². The van der Waals surface area contributed by atoms with Gasteiger partial charge in [0.25, 0.3) is 15.7 Å². The molecule has 0 heterocycles. The van der Waals surface area contributed by atoms with Gasteiger partial charge in [0.1, 0.15) is 11.3 Å². The zero-order chi connectivity index (χ0) is 22.4. The van der Waals surface area contributed by atoms with Crippen molar-refractivity contribution in [1.82, 2.24) is 4.83 Å². The van der Waals surface area contributed by atoms with E-state index in [2.05, 4.69) is 9.93 Å². The molecule has 0 aliphatic heterocycles. The monoisotopic (exact) mass is 439 g/mol. The van der Waals surface area contributed by atoms with Crippen molar-refractivity contribution in [1.29, 1.82) is 0 Å². The van der Waals surface area contributed by atoms with Crippen LogP contribution in [0.4, 0.5) is 5.69 Å². The van der Waals surface area contributed by atoms with E-state index in [0.717, 1.165) is 5.56 Å². The number of para-hydroxylation sites is 1. The molecule has 3 aromatic rings. The van der Waals surface area contributed by atoms with E-state index in [1.807, 2.05) is 6.92 Å². The third-order valence-corrected chi connectivity index (χ3v) is 5.37. The standard InChI is InChI=1S/C21H17N3O6S/c1-15-6-12-18(13-7-15)31(28,29)23-22-14-16-8-10-17(11-9-16)30-21(25)19-4-2-3-5-20(19)24(26)27/h2-14,23H,1H3/b22-14+. The van der Waals surface area contributed by atoms with Gasteiger partial charge >= 0.3 is 5.97 Å². The highest BCUT2D eigenvalue weighted by Gasteiger charge is 2.21. The zero-order valence-corrected chi connectivity index (χ0v) is 17.1. The fraction of sp³-hybridized carbons (Fsp3) is 0.0476. The molecule has 31 heavy (non-hydrogen) atoms. The van der Waals surface area contributed by atoms with Crippen LogP contribution in [-0.2, 0) is 10.0 Å². The number of hydrazone groups is 1. The van der Waals surface area contributed by atoms with E-state index < -0.39 is 20.9 Å². The van der Waals surface area contributed by atoms with Gasteiger partial charge in [-0.05, 0) is 55.0 Å². The molecule has 0 bridgehead atoms. The van der Waals surface area contributed by atoms with Crippen LogP contribution in [0.1, 0.15) is 21.5 Å². The molecule has 0 fully saturated rings. The summed E-state index contributed by atoms with van der Waals surface area (Å²) in [5.74, 6) is -0.694. The van der Waals surface area contributed by atoms with E-state index in [-0.39, 0.29) is 21.9 Å². The van der Waals surface area contributed by atoms with Gasteiger partial charge in [0.15, 0.2) is 0 Å². The van der Waals surface area contributed by atoms with Crippen molar-refractivity contribution in [2.45, 2.75) is 11.8 Å². The van der Waals surface area contributed by atoms with E-state index >= 15 is 0 Å². The number of esters is 1. The molecule has 0 atom stereocenters. The van der Waals surface area contributed by atoms with Crippen LogP contribution in [0.3, 0.4) is 0 Å². The van der Waals surface area contributed by atoms with Gasteiger partial charge < -0.3 is 4.74 Å². The molecule has 10 heteroatoms. The van der Waals surface area contributed by atoms with Gasteiger partial charge in [-0.25, -0.2) is 9.63 Å². The Labute approximate surface area is 178 Å². The molecular formula is C21H17N3O6S. The average molecular weight is 439 g/mol. The number of nitrogens with one attached hydrogen (secondary N) is 1. The van der Waals surface area contributed by atoms with Crippen LogP contribution in [0.2, 0.25) is 0 Å². The molecule has 0 saturated heterocycles. The number of nitrogens with zero attached hydrogens (tertiary/aromatic N) is 2. The lowest BCUT2D eigenvalue weighted by atomic mass is 10.2. The van der Waals surface area contributed by atoms with E-state index in [4.69, 9.17) is 4.74 Å². The second-order valence-corrected chi connectivity index (χ2v) is 8.06. The Kier molecular flexibility index (Phi) is 6.41. The maximum absolute atomic E-state index is 12.2. The molecule has 0 aromatic heterocycles. The average Bonchev–Trinajstić information content (AvgIpc) is 2.75. The molecule has 0 unspecified atom stereocenters. The Bertz CT molecular complexity index is 1240. The minimum Gasteiger partial charge on any atom is -0.423 e. The minimum absolute atomic E-state index is 0.0903. The number of hydrogen-bond acceptors (Lipinski definition) is 7. The zero-order valence-electron chi connectivity index (χ0n) is 16.3. The molecule has 0 radical (unpaired) electrons. The summed E-state index contributed by atoms with van der Waals surface area (Å²) in [5.41, 5.74) is 0.961. The van der Waals surface area contributed by atoms with Crippen molar-refractivity contribution < 1.29 is 22.9 Å². The predicted molar refractivity (Wildman–Crippen MR) is 114 cm³/mol. The molecule has 1 N–H and O–H groups in total. The minimum atomic E-state index is -3.79. The quantitative estimate of drug-likeness (QED) is 0.197. The third-order valence-electron chi connectivity index (χ3n) is 4.13. The number of nitro benzene ring substituents is 1. The van der Waals surface area contributed by atoms with Crippen molar-refractivity contribution >= 4 is 27.9 Å². The summed E-state index contributed by atoms with van der Waals surface area (Å²) in [7, 11) is -3.79. The molecule has 3 rings (SSSR count). The lowest BCUT2D eigenvalue weighted by Gasteiger charge is -2.05. The number of carbonyl (C=O) groups excluding carboxylic acids is 1. The van der Waals surface area contributed by atoms with Gasteiger partial charge in [-0.1, -0.05) is 29.8 Å². The maximum Gasteiger partial charge on any atom is 0.350 e. The number of nitro groups is 1. The van der Waals surface area contributed by atoms with Crippen LogP contribution in [0.5, 0.6) is 5.75 Å². The van der Waals surface area contributed by atoms with Crippen LogP contribution in [0, 0.1) is 17.0 Å². The van der Waals surface area contributed by atoms with Gasteiger partial charge in [-0.15, -0.1) is 0 Å². The first-order chi connectivity index (χ1) is 14.8. The number of rotatable bonds is 7. The van der Waals surface area contributed by atoms with Crippen molar-refractivity contribution in [2.24, 2.45) is 5.10 Å². The van der Waals surface area contributed by atoms with E-state index in [1.54, 1.807) is 24.3 Å². The first-order valence-electron chi connectivity index (χ1n) is 8.93. The number of hydrogen-bond donors (Lipinski definition) is 1. The number of sulfonamides is 1. The molecule has 0 amide bonds. The largest absolute Gasteiger partial charge is 0.423 e. The predicted octanol–water partition coefficient (Wildman–Crippen LogP) is 3.43. The van der Waals surface area contributed by atoms with Gasteiger partial charge in [0, 0.05) is 6.07 Å². The SMILES string of the molecule is Cc1ccc(S(=O)(=O)N/N=C/c2ccc(OC(=O)c3ccccc3[N+](=O)[O-])cc2)cc1. The summed E-state index contributed by atoms with van der Waals surface area (Å²) in [6.45, 7) is 1.85. The molecule has 9 nitrogen and oxygen atoms in total. The highest BCUT2D eigenvalue weighted by atomic mass is 32.2. The van der Waals surface area contributed by atoms with E-state index in [0.29, 0.717) is 5.56 Å². The Balaban J connectivity index is 1.65. The fourth-order valence-corrected chi connectivity index (χ4v) is 3.32. The Morgan fingerprint density at radius 3 is 2.32 bits per heavy atom. The van der Waals surface area contributed by atoms with Crippen molar-refractivity contribution in [3.05, 3.63) is 99.6 Å². The summed E-state index contributed by atoms with van der Waals surface area (Å²) in [6.07, 6.45) is 1.29. The fourth-order valence-electron chi connectivity index (χ4n) is 2.53. The first-order valence-corrected chi connectivity index (χ1v) is 10.4. The number of carbonyl (C=O) groups is 1. The lowest BCUT2D eigenvalue weighted by Crippen LogP contribution is -2.18. The Hall–Kier alpha value is -4.05. The summed E-state index contributed by atoms with van der Waals surface area (Å²) >= 11 is 0. The smallest absolute Gasteiger partial charge is 0.350 e. The molecule has 0 saturated carbocycles. The molecule has 158 valence electrons. The summed E-state index contributed by atoms with van der Waals surface area (Å²) < 4.78 is 29.6. The highest BCUT2D eigenvalue weighted by Crippen LogP contribution is 2.20. The highest BCUT2D eigenvalue weighted by molar-refractivity contribution is 7.89. The molecule has 0 aliphatic rings. The van der Waals surface area contributed by atoms with Crippen LogP contribution in [-0.4, -0.2) is 25.5 Å². The summed E-state index contributed by atoms with van der Waals surface area (Å²) in [4.78, 5) is 24.8. The van der Waals surface area contributed by atoms with Gasteiger partial charge in [0.05, 0.1) is 16.0 Å². The summed E-state index contributed by atoms with van der Waals surface area (Å²) in [5, 5.41) is 14.8. The summed E-state index contributed by atoms with van der Waals surface area (Å²) in [6, 6.07) is 17.8. The molecule has 3 aromatic carbocycles. The lowest BCUT2D eigenvalue weighted by molar-refractivity contribution is -0.385. The number of ether oxygens (including phenoxy) is 1. The van der Waals surface area contributed by atoms with Crippen molar-refractivity contribution in [2.75, 3.05) is 0 Å². The first kappa shape index (κ1) is 21.7. The molecule has 0 spiro atoms. The van der Waals surface area contributed by atoms with Crippen LogP contribution in [0.25, 0.3) is 0 Å². The Morgan fingerprint density at radius 1 is 1.03 bits per heavy atom. The topological polar surface area (TPSA) is 128 Å². The van der Waals surface area contributed by atoms with Crippen LogP contribution >= 0.6 is 0 Å². The third kappa shape index (κ3) is 5.52. The van der Waals surface area contributed by atoms with Crippen molar-refractivity contribution in [3.8, 4) is 5.75 Å². The molecular weight excluding hydrogens is 422 g/mol.